The number of hydrogen-bond acceptors (Lipinski definition) is 4. The van der Waals surface area contributed by atoms with Gasteiger partial charge in [0.25, 0.3) is 20.2 Å². The van der Waals surface area contributed by atoms with Gasteiger partial charge in [-0.2, -0.15) is 16.8 Å². The van der Waals surface area contributed by atoms with Gasteiger partial charge in [-0.25, -0.2) is 0 Å². The van der Waals surface area contributed by atoms with E-state index in [9.17, 15) is 16.8 Å². The second kappa shape index (κ2) is 5.90. The smallest absolute Gasteiger partial charge is 0.282 e. The van der Waals surface area contributed by atoms with Crippen molar-refractivity contribution in [2.45, 2.75) is 9.79 Å². The van der Waals surface area contributed by atoms with Gasteiger partial charge < -0.3 is 0 Å². The fourth-order valence-electron chi connectivity index (χ4n) is 1.56. The number of rotatable bonds is 2. The van der Waals surface area contributed by atoms with Crippen LogP contribution in [0.5, 0.6) is 0 Å². The molecule has 0 unspecified atom stereocenters. The summed E-state index contributed by atoms with van der Waals surface area (Å²) in [5, 5.41) is 0. The molecule has 0 amide bonds. The summed E-state index contributed by atoms with van der Waals surface area (Å²) >= 11 is 0. The third kappa shape index (κ3) is 4.16. The summed E-state index contributed by atoms with van der Waals surface area (Å²) in [6.07, 6.45) is 0. The third-order valence-electron chi connectivity index (χ3n) is 2.66. The Labute approximate surface area is 127 Å². The van der Waals surface area contributed by atoms with Crippen LogP contribution in [0.25, 0.3) is 0 Å². The molecule has 0 aliphatic rings. The molecule has 114 valence electrons. The SMILES string of the molecule is O=S(=O)(O)c1ccc(C#Cc2ccc(S(=O)(=O)O)cc2)cc1. The Morgan fingerprint density at radius 2 is 0.864 bits per heavy atom. The first-order chi connectivity index (χ1) is 10.2. The number of benzene rings is 2. The molecule has 0 atom stereocenters. The Kier molecular flexibility index (Phi) is 4.35. The van der Waals surface area contributed by atoms with E-state index in [4.69, 9.17) is 9.11 Å². The topological polar surface area (TPSA) is 109 Å². The van der Waals surface area contributed by atoms with E-state index in [1.165, 1.54) is 48.5 Å². The third-order valence-corrected chi connectivity index (χ3v) is 4.39. The van der Waals surface area contributed by atoms with Crippen molar-refractivity contribution in [3.8, 4) is 11.8 Å². The molecule has 0 aliphatic heterocycles. The highest BCUT2D eigenvalue weighted by atomic mass is 32.2. The van der Waals surface area contributed by atoms with Gasteiger partial charge >= 0.3 is 0 Å². The molecule has 0 heterocycles. The van der Waals surface area contributed by atoms with Crippen LogP contribution >= 0.6 is 0 Å². The van der Waals surface area contributed by atoms with E-state index in [-0.39, 0.29) is 9.79 Å². The first-order valence-electron chi connectivity index (χ1n) is 5.83. The molecule has 0 aliphatic carbocycles. The van der Waals surface area contributed by atoms with Gasteiger partial charge in [-0.05, 0) is 48.5 Å². The molecule has 0 fully saturated rings. The van der Waals surface area contributed by atoms with Crippen molar-refractivity contribution in [3.63, 3.8) is 0 Å². The van der Waals surface area contributed by atoms with Crippen LogP contribution in [0, 0.1) is 11.8 Å². The summed E-state index contributed by atoms with van der Waals surface area (Å²) in [7, 11) is -8.47. The summed E-state index contributed by atoms with van der Waals surface area (Å²) in [5.74, 6) is 5.52. The van der Waals surface area contributed by atoms with Crippen LogP contribution in [0.1, 0.15) is 11.1 Å². The standard InChI is InChI=1S/C14H10O6S2/c15-21(16,17)13-7-3-11(4-8-13)1-2-12-5-9-14(10-6-12)22(18,19)20/h3-10H,(H,15,16,17)(H,18,19,20). The molecule has 2 rings (SSSR count). The maximum Gasteiger partial charge on any atom is 0.294 e. The van der Waals surface area contributed by atoms with Crippen LogP contribution in [-0.4, -0.2) is 25.9 Å². The Balaban J connectivity index is 2.24. The summed E-state index contributed by atoms with van der Waals surface area (Å²) in [6, 6.07) is 10.6. The van der Waals surface area contributed by atoms with E-state index >= 15 is 0 Å². The molecular formula is C14H10O6S2. The predicted molar refractivity (Wildman–Crippen MR) is 78.5 cm³/mol. The lowest BCUT2D eigenvalue weighted by atomic mass is 10.2. The average molecular weight is 338 g/mol. The molecular weight excluding hydrogens is 328 g/mol. The maximum atomic E-state index is 10.9. The highest BCUT2D eigenvalue weighted by molar-refractivity contribution is 7.86. The van der Waals surface area contributed by atoms with Crippen molar-refractivity contribution < 1.29 is 25.9 Å². The Morgan fingerprint density at radius 1 is 0.591 bits per heavy atom. The fraction of sp³-hybridized carbons (Fsp3) is 0. The van der Waals surface area contributed by atoms with E-state index < -0.39 is 20.2 Å². The summed E-state index contributed by atoms with van der Waals surface area (Å²) in [5.41, 5.74) is 1.04. The summed E-state index contributed by atoms with van der Waals surface area (Å²) in [4.78, 5) is -0.453. The van der Waals surface area contributed by atoms with E-state index in [2.05, 4.69) is 11.8 Å². The minimum atomic E-state index is -4.23. The summed E-state index contributed by atoms with van der Waals surface area (Å²) in [6.45, 7) is 0. The minimum absolute atomic E-state index is 0.226. The lowest BCUT2D eigenvalue weighted by molar-refractivity contribution is 0.481. The first-order valence-corrected chi connectivity index (χ1v) is 8.71. The number of hydrogen-bond donors (Lipinski definition) is 2. The molecule has 0 aromatic heterocycles. The van der Waals surface area contributed by atoms with Crippen LogP contribution < -0.4 is 0 Å². The van der Waals surface area contributed by atoms with Gasteiger partial charge in [0.2, 0.25) is 0 Å². The average Bonchev–Trinajstić information content (AvgIpc) is 2.44. The minimum Gasteiger partial charge on any atom is -0.282 e. The van der Waals surface area contributed by atoms with E-state index in [1.54, 1.807) is 0 Å². The zero-order valence-electron chi connectivity index (χ0n) is 11.0. The zero-order valence-corrected chi connectivity index (χ0v) is 12.6. The van der Waals surface area contributed by atoms with Crippen LogP contribution in [0.15, 0.2) is 58.3 Å². The molecule has 0 saturated carbocycles. The van der Waals surface area contributed by atoms with Crippen LogP contribution in [0.2, 0.25) is 0 Å². The molecule has 2 aromatic rings. The quantitative estimate of drug-likeness (QED) is 0.636. The maximum absolute atomic E-state index is 10.9. The van der Waals surface area contributed by atoms with E-state index in [0.29, 0.717) is 11.1 Å². The molecule has 0 saturated heterocycles. The van der Waals surface area contributed by atoms with Gasteiger partial charge in [-0.15, -0.1) is 0 Å². The normalized spacial score (nSPS) is 11.5. The second-order valence-corrected chi connectivity index (χ2v) is 7.09. The van der Waals surface area contributed by atoms with Gasteiger partial charge in [0.1, 0.15) is 0 Å². The highest BCUT2D eigenvalue weighted by Gasteiger charge is 2.08. The van der Waals surface area contributed by atoms with E-state index in [1.807, 2.05) is 0 Å². The van der Waals surface area contributed by atoms with Gasteiger partial charge in [0.15, 0.2) is 0 Å². The lowest BCUT2D eigenvalue weighted by Gasteiger charge is -1.97. The van der Waals surface area contributed by atoms with Crippen LogP contribution in [0.3, 0.4) is 0 Å². The van der Waals surface area contributed by atoms with Crippen molar-refractivity contribution in [2.24, 2.45) is 0 Å². The van der Waals surface area contributed by atoms with Gasteiger partial charge in [0, 0.05) is 11.1 Å². The van der Waals surface area contributed by atoms with Gasteiger partial charge in [0.05, 0.1) is 9.79 Å². The molecule has 8 heteroatoms. The Bertz CT molecular complexity index is 865. The Morgan fingerprint density at radius 3 is 1.09 bits per heavy atom. The molecule has 0 radical (unpaired) electrons. The lowest BCUT2D eigenvalue weighted by Crippen LogP contribution is -1.97. The molecule has 2 aromatic carbocycles. The molecule has 0 spiro atoms. The first kappa shape index (κ1) is 16.2. The second-order valence-electron chi connectivity index (χ2n) is 4.25. The van der Waals surface area contributed by atoms with Crippen molar-refractivity contribution in [1.82, 2.24) is 0 Å². The monoisotopic (exact) mass is 338 g/mol. The van der Waals surface area contributed by atoms with Crippen LogP contribution in [-0.2, 0) is 20.2 Å². The largest absolute Gasteiger partial charge is 0.294 e. The van der Waals surface area contributed by atoms with Crippen molar-refractivity contribution in [1.29, 1.82) is 0 Å². The van der Waals surface area contributed by atoms with Crippen molar-refractivity contribution in [2.75, 3.05) is 0 Å². The zero-order chi connectivity index (χ0) is 16.4. The molecule has 22 heavy (non-hydrogen) atoms. The van der Waals surface area contributed by atoms with Crippen LogP contribution in [0.4, 0.5) is 0 Å². The van der Waals surface area contributed by atoms with Gasteiger partial charge in [-0.1, -0.05) is 11.8 Å². The predicted octanol–water partition coefficient (Wildman–Crippen LogP) is 1.58. The molecule has 6 nitrogen and oxygen atoms in total. The van der Waals surface area contributed by atoms with Crippen molar-refractivity contribution in [3.05, 3.63) is 59.7 Å². The van der Waals surface area contributed by atoms with E-state index in [0.717, 1.165) is 0 Å². The molecule has 2 N–H and O–H groups in total. The highest BCUT2D eigenvalue weighted by Crippen LogP contribution is 2.11. The van der Waals surface area contributed by atoms with Crippen molar-refractivity contribution >= 4 is 20.2 Å². The fourth-order valence-corrected chi connectivity index (χ4v) is 2.52. The summed E-state index contributed by atoms with van der Waals surface area (Å²) < 4.78 is 61.2. The Hall–Kier alpha value is -2.18. The molecule has 0 bridgehead atoms. The van der Waals surface area contributed by atoms with Gasteiger partial charge in [-0.3, -0.25) is 9.11 Å².